The lowest BCUT2D eigenvalue weighted by molar-refractivity contribution is -0.126. The topological polar surface area (TPSA) is 46.2 Å². The molecule has 0 aromatic rings. The Morgan fingerprint density at radius 1 is 1.56 bits per heavy atom. The van der Waals surface area contributed by atoms with Crippen LogP contribution in [0.25, 0.3) is 0 Å². The minimum atomic E-state index is -0.291. The number of hydrogen-bond acceptors (Lipinski definition) is 2. The van der Waals surface area contributed by atoms with E-state index in [1.165, 1.54) is 7.05 Å². The zero-order valence-electron chi connectivity index (χ0n) is 5.11. The maximum Gasteiger partial charge on any atom is 0.227 e. The van der Waals surface area contributed by atoms with E-state index in [4.69, 9.17) is 11.6 Å². The third-order valence-electron chi connectivity index (χ3n) is 0.786. The molecule has 1 amide bonds. The van der Waals surface area contributed by atoms with E-state index in [2.05, 4.69) is 5.32 Å². The second-order valence-corrected chi connectivity index (χ2v) is 1.79. The molecule has 3 nitrogen and oxygen atoms in total. The van der Waals surface area contributed by atoms with Crippen molar-refractivity contribution in [1.82, 2.24) is 5.32 Å². The normalized spacial score (nSPS) is 8.67. The first-order valence-corrected chi connectivity index (χ1v) is 3.02. The van der Waals surface area contributed by atoms with Gasteiger partial charge in [0.15, 0.2) is 5.78 Å². The van der Waals surface area contributed by atoms with Crippen molar-refractivity contribution < 1.29 is 9.59 Å². The van der Waals surface area contributed by atoms with E-state index < -0.39 is 0 Å². The Morgan fingerprint density at radius 2 is 2.11 bits per heavy atom. The summed E-state index contributed by atoms with van der Waals surface area (Å²) in [7, 11) is 1.48. The largest absolute Gasteiger partial charge is 0.359 e. The summed E-state index contributed by atoms with van der Waals surface area (Å²) >= 11 is 5.12. The Bertz CT molecular complexity index is 110. The second kappa shape index (κ2) is 4.32. The zero-order chi connectivity index (χ0) is 7.28. The fourth-order valence-corrected chi connectivity index (χ4v) is 0.409. The molecule has 0 fully saturated rings. The van der Waals surface area contributed by atoms with E-state index in [1.807, 2.05) is 0 Å². The van der Waals surface area contributed by atoms with Crippen molar-refractivity contribution >= 4 is 23.3 Å². The Hall–Kier alpha value is -0.570. The Labute approximate surface area is 58.4 Å². The average Bonchev–Trinajstić information content (AvgIpc) is 1.87. The lowest BCUT2D eigenvalue weighted by atomic mass is 10.3. The molecular weight excluding hydrogens is 142 g/mol. The number of rotatable bonds is 3. The standard InChI is InChI=1S/C5H8ClNO2/c1-7-5(9)2-4(8)3-6/h2-3H2,1H3,(H,7,9). The van der Waals surface area contributed by atoms with Gasteiger partial charge < -0.3 is 5.32 Å². The van der Waals surface area contributed by atoms with E-state index in [0.717, 1.165) is 0 Å². The summed E-state index contributed by atoms with van der Waals surface area (Å²) in [5.74, 6) is -0.635. The summed E-state index contributed by atoms with van der Waals surface area (Å²) in [5.41, 5.74) is 0. The highest BCUT2D eigenvalue weighted by atomic mass is 35.5. The van der Waals surface area contributed by atoms with E-state index >= 15 is 0 Å². The van der Waals surface area contributed by atoms with Crippen LogP contribution in [0.2, 0.25) is 0 Å². The molecule has 1 N–H and O–H groups in total. The molecule has 9 heavy (non-hydrogen) atoms. The van der Waals surface area contributed by atoms with Gasteiger partial charge in [-0.3, -0.25) is 9.59 Å². The van der Waals surface area contributed by atoms with Gasteiger partial charge in [0.1, 0.15) is 0 Å². The molecule has 0 atom stereocenters. The van der Waals surface area contributed by atoms with E-state index in [-0.39, 0.29) is 24.0 Å². The summed E-state index contributed by atoms with van der Waals surface area (Å²) in [5, 5.41) is 2.31. The molecule has 4 heteroatoms. The minimum Gasteiger partial charge on any atom is -0.359 e. The number of ketones is 1. The predicted molar refractivity (Wildman–Crippen MR) is 34.4 cm³/mol. The van der Waals surface area contributed by atoms with E-state index in [1.54, 1.807) is 0 Å². The highest BCUT2D eigenvalue weighted by molar-refractivity contribution is 6.29. The fraction of sp³-hybridized carbons (Fsp3) is 0.600. The summed E-state index contributed by atoms with van der Waals surface area (Å²) in [6.07, 6.45) is -0.111. The maximum atomic E-state index is 10.4. The third kappa shape index (κ3) is 3.97. The molecule has 0 heterocycles. The van der Waals surface area contributed by atoms with E-state index in [9.17, 15) is 9.59 Å². The van der Waals surface area contributed by atoms with Crippen LogP contribution in [0.15, 0.2) is 0 Å². The highest BCUT2D eigenvalue weighted by Crippen LogP contribution is 1.85. The number of hydrogen-bond donors (Lipinski definition) is 1. The molecule has 0 saturated heterocycles. The van der Waals surface area contributed by atoms with Gasteiger partial charge in [-0.25, -0.2) is 0 Å². The average molecular weight is 150 g/mol. The van der Waals surface area contributed by atoms with Crippen LogP contribution in [-0.2, 0) is 9.59 Å². The van der Waals surface area contributed by atoms with Crippen molar-refractivity contribution in [2.75, 3.05) is 12.9 Å². The molecule has 0 aliphatic heterocycles. The van der Waals surface area contributed by atoms with Crippen molar-refractivity contribution in [1.29, 1.82) is 0 Å². The van der Waals surface area contributed by atoms with Crippen LogP contribution in [0.5, 0.6) is 0 Å². The SMILES string of the molecule is CNC(=O)CC(=O)CCl. The summed E-state index contributed by atoms with van der Waals surface area (Å²) in [6, 6.07) is 0. The molecule has 0 aliphatic carbocycles. The number of amides is 1. The van der Waals surface area contributed by atoms with Crippen LogP contribution in [0, 0.1) is 0 Å². The van der Waals surface area contributed by atoms with Crippen LogP contribution < -0.4 is 5.32 Å². The van der Waals surface area contributed by atoms with Crippen LogP contribution in [0.4, 0.5) is 0 Å². The van der Waals surface area contributed by atoms with E-state index in [0.29, 0.717) is 0 Å². The lowest BCUT2D eigenvalue weighted by Gasteiger charge is -1.93. The fourth-order valence-electron chi connectivity index (χ4n) is 0.315. The first-order chi connectivity index (χ1) is 4.20. The van der Waals surface area contributed by atoms with Crippen LogP contribution in [0.3, 0.4) is 0 Å². The second-order valence-electron chi connectivity index (χ2n) is 1.52. The molecule has 0 aromatic carbocycles. The molecule has 0 aliphatic rings. The van der Waals surface area contributed by atoms with Crippen molar-refractivity contribution in [3.05, 3.63) is 0 Å². The van der Waals surface area contributed by atoms with Crippen LogP contribution >= 0.6 is 11.6 Å². The van der Waals surface area contributed by atoms with Gasteiger partial charge in [0, 0.05) is 7.05 Å². The number of halogens is 1. The monoisotopic (exact) mass is 149 g/mol. The molecule has 0 bridgehead atoms. The lowest BCUT2D eigenvalue weighted by Crippen LogP contribution is -2.21. The molecule has 0 saturated carbocycles. The van der Waals surface area contributed by atoms with Gasteiger partial charge in [0.25, 0.3) is 0 Å². The smallest absolute Gasteiger partial charge is 0.227 e. The molecular formula is C5H8ClNO2. The number of carbonyl (C=O) groups excluding carboxylic acids is 2. The zero-order valence-corrected chi connectivity index (χ0v) is 5.86. The first-order valence-electron chi connectivity index (χ1n) is 2.49. The van der Waals surface area contributed by atoms with Crippen LogP contribution in [-0.4, -0.2) is 24.6 Å². The number of carbonyl (C=O) groups is 2. The van der Waals surface area contributed by atoms with Crippen molar-refractivity contribution in [3.8, 4) is 0 Å². The Balaban J connectivity index is 3.47. The maximum absolute atomic E-state index is 10.4. The summed E-state index contributed by atoms with van der Waals surface area (Å²) < 4.78 is 0. The number of Topliss-reactive ketones (excluding diaryl/α,β-unsaturated/α-hetero) is 1. The number of nitrogens with one attached hydrogen (secondary N) is 1. The van der Waals surface area contributed by atoms with Gasteiger partial charge in [0.2, 0.25) is 5.91 Å². The molecule has 0 radical (unpaired) electrons. The predicted octanol–water partition coefficient (Wildman–Crippen LogP) is -0.0696. The third-order valence-corrected chi connectivity index (χ3v) is 1.08. The molecule has 0 spiro atoms. The quantitative estimate of drug-likeness (QED) is 0.451. The van der Waals surface area contributed by atoms with Gasteiger partial charge in [-0.05, 0) is 0 Å². The first kappa shape index (κ1) is 8.43. The molecule has 0 aromatic heterocycles. The summed E-state index contributed by atoms with van der Waals surface area (Å²) in [6.45, 7) is 0. The van der Waals surface area contributed by atoms with Gasteiger partial charge >= 0.3 is 0 Å². The molecule has 52 valence electrons. The van der Waals surface area contributed by atoms with Gasteiger partial charge in [0.05, 0.1) is 12.3 Å². The van der Waals surface area contributed by atoms with Crippen molar-refractivity contribution in [2.45, 2.75) is 6.42 Å². The van der Waals surface area contributed by atoms with Crippen molar-refractivity contribution in [2.24, 2.45) is 0 Å². The van der Waals surface area contributed by atoms with Gasteiger partial charge in [-0.15, -0.1) is 11.6 Å². The van der Waals surface area contributed by atoms with Crippen molar-refractivity contribution in [3.63, 3.8) is 0 Å². The van der Waals surface area contributed by atoms with Gasteiger partial charge in [-0.2, -0.15) is 0 Å². The van der Waals surface area contributed by atoms with Gasteiger partial charge in [-0.1, -0.05) is 0 Å². The summed E-state index contributed by atoms with van der Waals surface area (Å²) in [4.78, 5) is 20.8. The van der Waals surface area contributed by atoms with Crippen LogP contribution in [0.1, 0.15) is 6.42 Å². The number of alkyl halides is 1. The molecule has 0 unspecified atom stereocenters. The highest BCUT2D eigenvalue weighted by Gasteiger charge is 2.04. The Morgan fingerprint density at radius 3 is 2.44 bits per heavy atom. The minimum absolute atomic E-state index is 0.0899. The Kier molecular flexibility index (Phi) is 4.05. The molecule has 0 rings (SSSR count).